The van der Waals surface area contributed by atoms with Crippen LogP contribution in [-0.4, -0.2) is 13.2 Å². The first-order valence-corrected chi connectivity index (χ1v) is 9.45. The second-order valence-corrected chi connectivity index (χ2v) is 7.46. The zero-order valence-electron chi connectivity index (χ0n) is 13.4. The van der Waals surface area contributed by atoms with Crippen molar-refractivity contribution in [2.24, 2.45) is 0 Å². The third-order valence-corrected chi connectivity index (χ3v) is 5.58. The van der Waals surface area contributed by atoms with Gasteiger partial charge in [-0.15, -0.1) is 11.3 Å². The largest absolute Gasteiger partial charge is 0.381 e. The maximum Gasteiger partial charge on any atom is 0.0514 e. The van der Waals surface area contributed by atoms with Crippen LogP contribution in [0.4, 0.5) is 0 Å². The molecule has 2 aliphatic heterocycles. The second-order valence-electron chi connectivity index (χ2n) is 6.21. The molecule has 0 amide bonds. The Kier molecular flexibility index (Phi) is 6.09. The summed E-state index contributed by atoms with van der Waals surface area (Å²) in [6.07, 6.45) is 9.65. The summed E-state index contributed by atoms with van der Waals surface area (Å²) in [5, 5.41) is 0. The van der Waals surface area contributed by atoms with Gasteiger partial charge in [0.15, 0.2) is 0 Å². The molecule has 0 fully saturated rings. The Balaban J connectivity index is 1.61. The highest BCUT2D eigenvalue weighted by Crippen LogP contribution is 2.20. The zero-order chi connectivity index (χ0) is 15.0. The number of hydrogen-bond donors (Lipinski definition) is 0. The predicted octanol–water partition coefficient (Wildman–Crippen LogP) is 5.21. The van der Waals surface area contributed by atoms with Crippen LogP contribution in [0, 0.1) is 0 Å². The molecule has 1 aromatic heterocycles. The molecule has 2 heteroatoms. The van der Waals surface area contributed by atoms with Crippen molar-refractivity contribution in [2.45, 2.75) is 51.4 Å². The second kappa shape index (κ2) is 8.50. The van der Waals surface area contributed by atoms with E-state index in [9.17, 15) is 0 Å². The number of thiophene rings is 1. The summed E-state index contributed by atoms with van der Waals surface area (Å²) in [5.74, 6) is 0. The lowest BCUT2D eigenvalue weighted by Crippen LogP contribution is -1.99. The molecule has 0 N–H and O–H groups in total. The van der Waals surface area contributed by atoms with E-state index in [1.54, 1.807) is 0 Å². The van der Waals surface area contributed by atoms with Crippen molar-refractivity contribution >= 4 is 11.3 Å². The fourth-order valence-electron chi connectivity index (χ4n) is 3.02. The Hall–Kier alpha value is -1.12. The number of aryl methyl sites for hydroxylation is 3. The molecule has 4 rings (SSSR count). The summed E-state index contributed by atoms with van der Waals surface area (Å²) in [6.45, 7) is 1.79. The Morgan fingerprint density at radius 2 is 1.27 bits per heavy atom. The van der Waals surface area contributed by atoms with Gasteiger partial charge in [-0.2, -0.15) is 0 Å². The average molecular weight is 314 g/mol. The number of ether oxygens (including phenoxy) is 1. The van der Waals surface area contributed by atoms with Crippen LogP contribution in [0.3, 0.4) is 0 Å². The predicted molar refractivity (Wildman–Crippen MR) is 94.9 cm³/mol. The van der Waals surface area contributed by atoms with Crippen LogP contribution in [0.25, 0.3) is 0 Å². The maximum absolute atomic E-state index is 5.78. The summed E-state index contributed by atoms with van der Waals surface area (Å²) in [6, 6.07) is 13.9. The quantitative estimate of drug-likeness (QED) is 0.648. The lowest BCUT2D eigenvalue weighted by atomic mass is 10.0. The molecule has 0 saturated carbocycles. The minimum absolute atomic E-state index is 0.876. The van der Waals surface area contributed by atoms with Gasteiger partial charge in [0, 0.05) is 22.8 Å². The topological polar surface area (TPSA) is 9.23 Å². The van der Waals surface area contributed by atoms with Crippen LogP contribution in [0.5, 0.6) is 0 Å². The van der Waals surface area contributed by atoms with E-state index < -0.39 is 0 Å². The summed E-state index contributed by atoms with van der Waals surface area (Å²) in [7, 11) is 0. The van der Waals surface area contributed by atoms with Gasteiger partial charge in [0.05, 0.1) is 6.61 Å². The van der Waals surface area contributed by atoms with Crippen LogP contribution < -0.4 is 0 Å². The summed E-state index contributed by atoms with van der Waals surface area (Å²) in [5.41, 5.74) is 2.96. The van der Waals surface area contributed by atoms with Crippen LogP contribution >= 0.6 is 11.3 Å². The molecule has 22 heavy (non-hydrogen) atoms. The maximum atomic E-state index is 5.78. The van der Waals surface area contributed by atoms with Crippen molar-refractivity contribution in [3.05, 3.63) is 57.3 Å². The molecule has 0 unspecified atom stereocenters. The molecule has 118 valence electrons. The van der Waals surface area contributed by atoms with E-state index >= 15 is 0 Å². The molecular weight excluding hydrogens is 288 g/mol. The summed E-state index contributed by atoms with van der Waals surface area (Å²) >= 11 is 1.97. The van der Waals surface area contributed by atoms with Crippen molar-refractivity contribution in [2.75, 3.05) is 13.2 Å². The molecule has 1 nitrogen and oxygen atoms in total. The molecular formula is C20H26OS. The van der Waals surface area contributed by atoms with E-state index in [1.165, 1.54) is 65.8 Å². The average Bonchev–Trinajstić information content (AvgIpc) is 2.98. The van der Waals surface area contributed by atoms with Gasteiger partial charge in [0.2, 0.25) is 0 Å². The molecule has 1 aromatic carbocycles. The van der Waals surface area contributed by atoms with Crippen LogP contribution in [0.1, 0.15) is 46.6 Å². The highest BCUT2D eigenvalue weighted by molar-refractivity contribution is 7.11. The molecule has 0 saturated heterocycles. The first kappa shape index (κ1) is 15.8. The van der Waals surface area contributed by atoms with Gasteiger partial charge >= 0.3 is 0 Å². The van der Waals surface area contributed by atoms with E-state index in [0.717, 1.165) is 19.6 Å². The molecule has 0 aliphatic carbocycles. The lowest BCUT2D eigenvalue weighted by Gasteiger charge is -2.06. The smallest absolute Gasteiger partial charge is 0.0514 e. The monoisotopic (exact) mass is 314 g/mol. The number of fused-ring (bicyclic) bond motifs is 11. The van der Waals surface area contributed by atoms with Crippen molar-refractivity contribution in [1.29, 1.82) is 0 Å². The molecule has 0 radical (unpaired) electrons. The highest BCUT2D eigenvalue weighted by atomic mass is 32.1. The van der Waals surface area contributed by atoms with Crippen molar-refractivity contribution in [1.82, 2.24) is 0 Å². The van der Waals surface area contributed by atoms with E-state index in [1.807, 2.05) is 11.3 Å². The molecule has 2 aliphatic rings. The van der Waals surface area contributed by atoms with E-state index in [4.69, 9.17) is 4.74 Å². The first-order valence-electron chi connectivity index (χ1n) is 8.63. The Morgan fingerprint density at radius 3 is 2.05 bits per heavy atom. The highest BCUT2D eigenvalue weighted by Gasteiger charge is 2.03. The minimum atomic E-state index is 0.876. The minimum Gasteiger partial charge on any atom is -0.381 e. The van der Waals surface area contributed by atoms with Crippen molar-refractivity contribution in [3.8, 4) is 0 Å². The lowest BCUT2D eigenvalue weighted by molar-refractivity contribution is 0.133. The summed E-state index contributed by atoms with van der Waals surface area (Å²) in [4.78, 5) is 2.99. The SMILES string of the molecule is c1cc2ccc1CCCCCOCCc1ccc(s1)CCC2. The number of benzene rings is 1. The normalized spacial score (nSPS) is 17.8. The fourth-order valence-corrected chi connectivity index (χ4v) is 4.06. The third kappa shape index (κ3) is 4.96. The third-order valence-electron chi connectivity index (χ3n) is 4.38. The Bertz CT molecular complexity index is 555. The van der Waals surface area contributed by atoms with Crippen LogP contribution in [0.15, 0.2) is 36.4 Å². The molecule has 3 heterocycles. The van der Waals surface area contributed by atoms with Gasteiger partial charge in [-0.05, 0) is 61.8 Å². The van der Waals surface area contributed by atoms with Gasteiger partial charge < -0.3 is 4.74 Å². The number of hydrogen-bond acceptors (Lipinski definition) is 2. The van der Waals surface area contributed by atoms with Gasteiger partial charge in [-0.25, -0.2) is 0 Å². The van der Waals surface area contributed by atoms with E-state index in [2.05, 4.69) is 36.4 Å². The zero-order valence-corrected chi connectivity index (χ0v) is 14.2. The molecule has 0 spiro atoms. The molecule has 0 atom stereocenters. The van der Waals surface area contributed by atoms with Gasteiger partial charge in [-0.1, -0.05) is 30.7 Å². The van der Waals surface area contributed by atoms with Gasteiger partial charge in [-0.3, -0.25) is 0 Å². The van der Waals surface area contributed by atoms with Crippen LogP contribution in [-0.2, 0) is 30.4 Å². The first-order chi connectivity index (χ1) is 10.9. The number of rotatable bonds is 0. The van der Waals surface area contributed by atoms with Gasteiger partial charge in [0.1, 0.15) is 0 Å². The van der Waals surface area contributed by atoms with Gasteiger partial charge in [0.25, 0.3) is 0 Å². The van der Waals surface area contributed by atoms with Crippen molar-refractivity contribution in [3.63, 3.8) is 0 Å². The van der Waals surface area contributed by atoms with E-state index in [0.29, 0.717) is 0 Å². The molecule has 2 aromatic rings. The van der Waals surface area contributed by atoms with Crippen molar-refractivity contribution < 1.29 is 4.74 Å². The summed E-state index contributed by atoms with van der Waals surface area (Å²) < 4.78 is 5.78. The fraction of sp³-hybridized carbons (Fsp3) is 0.500. The van der Waals surface area contributed by atoms with E-state index in [-0.39, 0.29) is 0 Å². The van der Waals surface area contributed by atoms with Crippen LogP contribution in [0.2, 0.25) is 0 Å². The Labute approximate surface area is 138 Å². The standard InChI is InChI=1S/C20H26OS/c1-2-5-17-8-10-18(11-9-17)6-4-7-19-12-13-20(22-19)14-16-21-15-3-1/h8-13H,1-7,14-16H2. The molecule has 4 bridgehead atoms. The Morgan fingerprint density at radius 1 is 0.591 bits per heavy atom.